The first-order chi connectivity index (χ1) is 7.26. The van der Waals surface area contributed by atoms with Crippen LogP contribution in [0.4, 0.5) is 0 Å². The lowest BCUT2D eigenvalue weighted by molar-refractivity contribution is 0.361. The van der Waals surface area contributed by atoms with Crippen molar-refractivity contribution in [3.05, 3.63) is 0 Å². The summed E-state index contributed by atoms with van der Waals surface area (Å²) in [4.78, 5) is 0. The van der Waals surface area contributed by atoms with Crippen LogP contribution in [-0.4, -0.2) is 12.1 Å². The van der Waals surface area contributed by atoms with Crippen molar-refractivity contribution >= 4 is 0 Å². The molecule has 0 aromatic rings. The molecule has 1 N–H and O–H groups in total. The van der Waals surface area contributed by atoms with Crippen molar-refractivity contribution in [3.8, 4) is 6.07 Å². The molecule has 0 saturated heterocycles. The normalized spacial score (nSPS) is 31.9. The highest BCUT2D eigenvalue weighted by Crippen LogP contribution is 2.32. The van der Waals surface area contributed by atoms with E-state index in [0.29, 0.717) is 0 Å². The van der Waals surface area contributed by atoms with E-state index < -0.39 is 0 Å². The zero-order valence-electron chi connectivity index (χ0n) is 10.2. The summed E-state index contributed by atoms with van der Waals surface area (Å²) < 4.78 is 0. The van der Waals surface area contributed by atoms with Gasteiger partial charge in [0.1, 0.15) is 5.54 Å². The van der Waals surface area contributed by atoms with E-state index >= 15 is 0 Å². The third-order valence-electron chi connectivity index (χ3n) is 3.62. The Hall–Kier alpha value is -0.550. The lowest BCUT2D eigenvalue weighted by Crippen LogP contribution is -2.43. The zero-order valence-corrected chi connectivity index (χ0v) is 10.2. The van der Waals surface area contributed by atoms with Crippen LogP contribution in [0.15, 0.2) is 0 Å². The SMILES string of the molecule is CCCC1CCCC(C#N)(NCC)CC1. The largest absolute Gasteiger partial charge is 0.300 e. The van der Waals surface area contributed by atoms with Crippen LogP contribution in [-0.2, 0) is 0 Å². The van der Waals surface area contributed by atoms with Gasteiger partial charge in [0.2, 0.25) is 0 Å². The Labute approximate surface area is 94.1 Å². The van der Waals surface area contributed by atoms with Crippen molar-refractivity contribution in [1.82, 2.24) is 5.32 Å². The first-order valence-corrected chi connectivity index (χ1v) is 6.42. The van der Waals surface area contributed by atoms with E-state index in [1.165, 1.54) is 32.1 Å². The van der Waals surface area contributed by atoms with Gasteiger partial charge in [-0.1, -0.05) is 39.5 Å². The zero-order chi connectivity index (χ0) is 11.1. The highest BCUT2D eigenvalue weighted by atomic mass is 15.0. The molecule has 0 heterocycles. The van der Waals surface area contributed by atoms with Gasteiger partial charge in [-0.05, 0) is 31.7 Å². The second-order valence-corrected chi connectivity index (χ2v) is 4.81. The Bertz CT molecular complexity index is 219. The molecule has 0 amide bonds. The van der Waals surface area contributed by atoms with Gasteiger partial charge in [-0.3, -0.25) is 5.32 Å². The van der Waals surface area contributed by atoms with E-state index in [9.17, 15) is 5.26 Å². The molecule has 15 heavy (non-hydrogen) atoms. The molecule has 0 aliphatic heterocycles. The maximum absolute atomic E-state index is 9.30. The van der Waals surface area contributed by atoms with Crippen LogP contribution in [0.3, 0.4) is 0 Å². The predicted molar refractivity (Wildman–Crippen MR) is 63.5 cm³/mol. The minimum atomic E-state index is -0.211. The molecule has 0 bridgehead atoms. The monoisotopic (exact) mass is 208 g/mol. The minimum Gasteiger partial charge on any atom is -0.300 e. The Morgan fingerprint density at radius 2 is 2.13 bits per heavy atom. The van der Waals surface area contributed by atoms with Gasteiger partial charge in [0.05, 0.1) is 6.07 Å². The molecule has 0 spiro atoms. The highest BCUT2D eigenvalue weighted by Gasteiger charge is 2.31. The van der Waals surface area contributed by atoms with Crippen LogP contribution in [0.1, 0.15) is 58.8 Å². The Kier molecular flexibility index (Phi) is 5.11. The van der Waals surface area contributed by atoms with Crippen molar-refractivity contribution in [2.75, 3.05) is 6.54 Å². The molecular weight excluding hydrogens is 184 g/mol. The lowest BCUT2D eigenvalue weighted by Gasteiger charge is -2.25. The van der Waals surface area contributed by atoms with E-state index in [-0.39, 0.29) is 5.54 Å². The summed E-state index contributed by atoms with van der Waals surface area (Å²) in [6.45, 7) is 5.26. The molecule has 0 aromatic heterocycles. The van der Waals surface area contributed by atoms with Gasteiger partial charge in [0.15, 0.2) is 0 Å². The first-order valence-electron chi connectivity index (χ1n) is 6.42. The number of nitrogens with one attached hydrogen (secondary N) is 1. The molecule has 0 aromatic carbocycles. The molecule has 86 valence electrons. The summed E-state index contributed by atoms with van der Waals surface area (Å²) in [7, 11) is 0. The topological polar surface area (TPSA) is 35.8 Å². The van der Waals surface area contributed by atoms with Crippen LogP contribution in [0.2, 0.25) is 0 Å². The van der Waals surface area contributed by atoms with Crippen LogP contribution in [0, 0.1) is 17.2 Å². The fourth-order valence-electron chi connectivity index (χ4n) is 2.78. The number of nitriles is 1. The van der Waals surface area contributed by atoms with Crippen molar-refractivity contribution in [3.63, 3.8) is 0 Å². The van der Waals surface area contributed by atoms with Crippen LogP contribution in [0.5, 0.6) is 0 Å². The predicted octanol–water partition coefficient (Wildman–Crippen LogP) is 3.24. The summed E-state index contributed by atoms with van der Waals surface area (Å²) in [5.74, 6) is 0.865. The molecule has 1 rings (SSSR count). The summed E-state index contributed by atoms with van der Waals surface area (Å²) in [5.41, 5.74) is -0.211. The van der Waals surface area contributed by atoms with E-state index in [4.69, 9.17) is 0 Å². The average molecular weight is 208 g/mol. The van der Waals surface area contributed by atoms with Crippen LogP contribution >= 0.6 is 0 Å². The van der Waals surface area contributed by atoms with Crippen LogP contribution in [0.25, 0.3) is 0 Å². The number of rotatable bonds is 4. The Morgan fingerprint density at radius 1 is 1.33 bits per heavy atom. The van der Waals surface area contributed by atoms with Gasteiger partial charge in [-0.15, -0.1) is 0 Å². The average Bonchev–Trinajstić information content (AvgIpc) is 2.44. The van der Waals surface area contributed by atoms with Crippen molar-refractivity contribution < 1.29 is 0 Å². The van der Waals surface area contributed by atoms with Gasteiger partial charge in [0.25, 0.3) is 0 Å². The third-order valence-corrected chi connectivity index (χ3v) is 3.62. The number of nitrogens with zero attached hydrogens (tertiary/aromatic N) is 1. The standard InChI is InChI=1S/C13H24N2/c1-3-6-12-7-5-9-13(11-14,10-8-12)15-4-2/h12,15H,3-10H2,1-2H3. The fraction of sp³-hybridized carbons (Fsp3) is 0.923. The number of hydrogen-bond acceptors (Lipinski definition) is 2. The second-order valence-electron chi connectivity index (χ2n) is 4.81. The van der Waals surface area contributed by atoms with Crippen LogP contribution < -0.4 is 5.32 Å². The molecule has 1 aliphatic carbocycles. The molecule has 2 unspecified atom stereocenters. The molecule has 0 radical (unpaired) electrons. The van der Waals surface area contributed by atoms with E-state index in [0.717, 1.165) is 25.3 Å². The minimum absolute atomic E-state index is 0.211. The van der Waals surface area contributed by atoms with E-state index in [1.807, 2.05) is 0 Å². The van der Waals surface area contributed by atoms with Crippen molar-refractivity contribution in [2.45, 2.75) is 64.3 Å². The van der Waals surface area contributed by atoms with Gasteiger partial charge in [-0.25, -0.2) is 0 Å². The smallest absolute Gasteiger partial charge is 0.106 e. The lowest BCUT2D eigenvalue weighted by atomic mass is 9.90. The Balaban J connectivity index is 2.53. The number of hydrogen-bond donors (Lipinski definition) is 1. The second kappa shape index (κ2) is 6.12. The maximum atomic E-state index is 9.30. The van der Waals surface area contributed by atoms with Crippen molar-refractivity contribution in [2.24, 2.45) is 5.92 Å². The van der Waals surface area contributed by atoms with Crippen molar-refractivity contribution in [1.29, 1.82) is 5.26 Å². The van der Waals surface area contributed by atoms with Gasteiger partial charge >= 0.3 is 0 Å². The summed E-state index contributed by atoms with van der Waals surface area (Å²) in [6, 6.07) is 2.51. The fourth-order valence-corrected chi connectivity index (χ4v) is 2.78. The van der Waals surface area contributed by atoms with E-state index in [1.54, 1.807) is 0 Å². The molecule has 2 nitrogen and oxygen atoms in total. The summed E-state index contributed by atoms with van der Waals surface area (Å²) >= 11 is 0. The Morgan fingerprint density at radius 3 is 2.73 bits per heavy atom. The first kappa shape index (κ1) is 12.5. The quantitative estimate of drug-likeness (QED) is 0.720. The van der Waals surface area contributed by atoms with Gasteiger partial charge in [0, 0.05) is 0 Å². The molecule has 1 saturated carbocycles. The molecular formula is C13H24N2. The summed E-state index contributed by atoms with van der Waals surface area (Å²) in [5, 5.41) is 12.7. The highest BCUT2D eigenvalue weighted by molar-refractivity contribution is 5.07. The maximum Gasteiger partial charge on any atom is 0.106 e. The summed E-state index contributed by atoms with van der Waals surface area (Å²) in [6.07, 6.45) is 8.47. The third kappa shape index (κ3) is 3.50. The molecule has 1 fully saturated rings. The van der Waals surface area contributed by atoms with Gasteiger partial charge in [-0.2, -0.15) is 5.26 Å². The molecule has 2 heteroatoms. The van der Waals surface area contributed by atoms with Gasteiger partial charge < -0.3 is 0 Å². The molecule has 2 atom stereocenters. The molecule has 1 aliphatic rings. The van der Waals surface area contributed by atoms with E-state index in [2.05, 4.69) is 25.2 Å².